The Balaban J connectivity index is 2.13. The number of hydrogen-bond donors (Lipinski definition) is 1. The van der Waals surface area contributed by atoms with Crippen LogP contribution < -0.4 is 5.32 Å². The number of para-hydroxylation sites is 1. The summed E-state index contributed by atoms with van der Waals surface area (Å²) < 4.78 is 10.8. The maximum atomic E-state index is 12.7. The van der Waals surface area contributed by atoms with Crippen LogP contribution in [0.5, 0.6) is 0 Å². The number of rotatable bonds is 6. The smallest absolute Gasteiger partial charge is 0.256 e. The summed E-state index contributed by atoms with van der Waals surface area (Å²) in [7, 11) is 3.31. The largest absolute Gasteiger partial charge is 0.384 e. The molecule has 1 heterocycles. The molecule has 1 aliphatic rings. The number of nitrogens with zero attached hydrogens (tertiary/aromatic N) is 1. The Labute approximate surface area is 126 Å². The number of hydrogen-bond acceptors (Lipinski definition) is 4. The van der Waals surface area contributed by atoms with Gasteiger partial charge in [0, 0.05) is 39.5 Å². The minimum atomic E-state index is -0.0605. The first-order valence-corrected chi connectivity index (χ1v) is 7.39. The first-order valence-electron chi connectivity index (χ1n) is 7.39. The molecule has 1 aromatic carbocycles. The van der Waals surface area contributed by atoms with Crippen molar-refractivity contribution in [1.82, 2.24) is 4.90 Å². The van der Waals surface area contributed by atoms with Crippen molar-refractivity contribution in [2.75, 3.05) is 39.2 Å². The Kier molecular flexibility index (Phi) is 5.59. The second kappa shape index (κ2) is 7.43. The van der Waals surface area contributed by atoms with Crippen molar-refractivity contribution >= 4 is 11.6 Å². The summed E-state index contributed by atoms with van der Waals surface area (Å²) in [4.78, 5) is 14.5. The quantitative estimate of drug-likeness (QED) is 0.871. The fraction of sp³-hybridized carbons (Fsp3) is 0.562. The minimum absolute atomic E-state index is 0.0239. The average Bonchev–Trinajstić information content (AvgIpc) is 2.95. The lowest BCUT2D eigenvalue weighted by atomic mass is 10.1. The van der Waals surface area contributed by atoms with E-state index in [1.807, 2.05) is 24.3 Å². The monoisotopic (exact) mass is 292 g/mol. The molecule has 0 bridgehead atoms. The van der Waals surface area contributed by atoms with Gasteiger partial charge in [0.1, 0.15) is 12.2 Å². The lowest BCUT2D eigenvalue weighted by molar-refractivity contribution is -0.00461. The van der Waals surface area contributed by atoms with Crippen molar-refractivity contribution in [1.29, 1.82) is 0 Å². The molecule has 5 heteroatoms. The standard InChI is InChI=1S/C16H24N2O3/c1-4-9-17-13-8-6-5-7-12(13)16(19)18-10-14(20-2)15(11-18)21-3/h5-8,14-15,17H,4,9-11H2,1-3H3. The van der Waals surface area contributed by atoms with Crippen LogP contribution in [0.25, 0.3) is 0 Å². The Bertz CT molecular complexity index is 466. The summed E-state index contributed by atoms with van der Waals surface area (Å²) >= 11 is 0. The van der Waals surface area contributed by atoms with Crippen LogP contribution in [-0.2, 0) is 9.47 Å². The number of carbonyl (C=O) groups is 1. The molecule has 1 fully saturated rings. The Hall–Kier alpha value is -1.59. The topological polar surface area (TPSA) is 50.8 Å². The summed E-state index contributed by atoms with van der Waals surface area (Å²) in [6.45, 7) is 4.09. The first-order chi connectivity index (χ1) is 10.2. The van der Waals surface area contributed by atoms with E-state index in [-0.39, 0.29) is 18.1 Å². The molecule has 21 heavy (non-hydrogen) atoms. The predicted molar refractivity (Wildman–Crippen MR) is 82.7 cm³/mol. The lowest BCUT2D eigenvalue weighted by Crippen LogP contribution is -2.30. The van der Waals surface area contributed by atoms with Crippen molar-refractivity contribution in [2.45, 2.75) is 25.6 Å². The predicted octanol–water partition coefficient (Wildman–Crippen LogP) is 1.99. The van der Waals surface area contributed by atoms with Gasteiger partial charge in [0.15, 0.2) is 0 Å². The molecule has 1 amide bonds. The zero-order valence-corrected chi connectivity index (χ0v) is 13.0. The Morgan fingerprint density at radius 1 is 1.24 bits per heavy atom. The van der Waals surface area contributed by atoms with Crippen molar-refractivity contribution in [3.8, 4) is 0 Å². The van der Waals surface area contributed by atoms with Crippen LogP contribution in [0, 0.1) is 0 Å². The Morgan fingerprint density at radius 2 is 1.86 bits per heavy atom. The first kappa shape index (κ1) is 15.8. The van der Waals surface area contributed by atoms with E-state index in [9.17, 15) is 4.79 Å². The van der Waals surface area contributed by atoms with Gasteiger partial charge in [0.05, 0.1) is 5.56 Å². The molecule has 2 unspecified atom stereocenters. The highest BCUT2D eigenvalue weighted by atomic mass is 16.5. The van der Waals surface area contributed by atoms with E-state index < -0.39 is 0 Å². The number of benzene rings is 1. The fourth-order valence-electron chi connectivity index (χ4n) is 2.62. The van der Waals surface area contributed by atoms with Gasteiger partial charge in [-0.05, 0) is 18.6 Å². The van der Waals surface area contributed by atoms with Crippen LogP contribution in [0.4, 0.5) is 5.69 Å². The molecule has 0 saturated carbocycles. The van der Waals surface area contributed by atoms with Gasteiger partial charge in [-0.3, -0.25) is 4.79 Å². The second-order valence-corrected chi connectivity index (χ2v) is 5.23. The number of carbonyl (C=O) groups excluding carboxylic acids is 1. The molecule has 0 aromatic heterocycles. The van der Waals surface area contributed by atoms with Gasteiger partial charge >= 0.3 is 0 Å². The van der Waals surface area contributed by atoms with E-state index in [4.69, 9.17) is 9.47 Å². The van der Waals surface area contributed by atoms with Crippen molar-refractivity contribution in [2.24, 2.45) is 0 Å². The second-order valence-electron chi connectivity index (χ2n) is 5.23. The third-order valence-corrected chi connectivity index (χ3v) is 3.83. The van der Waals surface area contributed by atoms with Crippen LogP contribution in [0.1, 0.15) is 23.7 Å². The molecule has 116 valence electrons. The maximum absolute atomic E-state index is 12.7. The molecule has 2 atom stereocenters. The van der Waals surface area contributed by atoms with Gasteiger partial charge < -0.3 is 19.7 Å². The zero-order valence-electron chi connectivity index (χ0n) is 13.0. The highest BCUT2D eigenvalue weighted by Gasteiger charge is 2.36. The number of likely N-dealkylation sites (tertiary alicyclic amines) is 1. The van der Waals surface area contributed by atoms with Crippen molar-refractivity contribution in [3.63, 3.8) is 0 Å². The summed E-state index contributed by atoms with van der Waals surface area (Å²) in [6, 6.07) is 7.64. The molecular formula is C16H24N2O3. The van der Waals surface area contributed by atoms with Crippen LogP contribution in [0.3, 0.4) is 0 Å². The molecule has 1 N–H and O–H groups in total. The molecule has 1 aromatic rings. The molecule has 0 radical (unpaired) electrons. The van der Waals surface area contributed by atoms with Crippen LogP contribution in [-0.4, -0.2) is 56.9 Å². The van der Waals surface area contributed by atoms with Gasteiger partial charge in [-0.2, -0.15) is 0 Å². The minimum Gasteiger partial charge on any atom is -0.384 e. The molecule has 5 nitrogen and oxygen atoms in total. The number of methoxy groups -OCH3 is 2. The Morgan fingerprint density at radius 3 is 2.43 bits per heavy atom. The van der Waals surface area contributed by atoms with Gasteiger partial charge in [0.2, 0.25) is 0 Å². The third-order valence-electron chi connectivity index (χ3n) is 3.83. The van der Waals surface area contributed by atoms with Crippen molar-refractivity contribution < 1.29 is 14.3 Å². The summed E-state index contributed by atoms with van der Waals surface area (Å²) in [6.07, 6.45) is 0.897. The van der Waals surface area contributed by atoms with E-state index in [0.29, 0.717) is 18.7 Å². The van der Waals surface area contributed by atoms with E-state index in [0.717, 1.165) is 18.7 Å². The molecule has 1 aliphatic heterocycles. The van der Waals surface area contributed by atoms with Crippen LogP contribution in [0.2, 0.25) is 0 Å². The highest BCUT2D eigenvalue weighted by Crippen LogP contribution is 2.22. The molecule has 1 saturated heterocycles. The van der Waals surface area contributed by atoms with Gasteiger partial charge in [-0.1, -0.05) is 19.1 Å². The number of amides is 1. The number of anilines is 1. The average molecular weight is 292 g/mol. The SMILES string of the molecule is CCCNc1ccccc1C(=O)N1CC(OC)C(OC)C1. The summed E-state index contributed by atoms with van der Waals surface area (Å²) in [5.74, 6) is 0.0239. The molecular weight excluding hydrogens is 268 g/mol. The van der Waals surface area contributed by atoms with Gasteiger partial charge in [-0.15, -0.1) is 0 Å². The molecule has 0 spiro atoms. The molecule has 2 rings (SSSR count). The van der Waals surface area contributed by atoms with Crippen LogP contribution >= 0.6 is 0 Å². The normalized spacial score (nSPS) is 21.6. The van der Waals surface area contributed by atoms with Crippen molar-refractivity contribution in [3.05, 3.63) is 29.8 Å². The molecule has 0 aliphatic carbocycles. The number of nitrogens with one attached hydrogen (secondary N) is 1. The van der Waals surface area contributed by atoms with E-state index >= 15 is 0 Å². The third kappa shape index (κ3) is 3.54. The van der Waals surface area contributed by atoms with E-state index in [2.05, 4.69) is 12.2 Å². The number of ether oxygens (including phenoxy) is 2. The fourth-order valence-corrected chi connectivity index (χ4v) is 2.62. The zero-order chi connectivity index (χ0) is 15.2. The summed E-state index contributed by atoms with van der Waals surface area (Å²) in [5.41, 5.74) is 1.59. The van der Waals surface area contributed by atoms with Crippen LogP contribution in [0.15, 0.2) is 24.3 Å². The summed E-state index contributed by atoms with van der Waals surface area (Å²) in [5, 5.41) is 3.31. The lowest BCUT2D eigenvalue weighted by Gasteiger charge is -2.18. The maximum Gasteiger partial charge on any atom is 0.256 e. The van der Waals surface area contributed by atoms with E-state index in [1.165, 1.54) is 0 Å². The van der Waals surface area contributed by atoms with Gasteiger partial charge in [0.25, 0.3) is 5.91 Å². The van der Waals surface area contributed by atoms with Gasteiger partial charge in [-0.25, -0.2) is 0 Å². The highest BCUT2D eigenvalue weighted by molar-refractivity contribution is 5.99. The van der Waals surface area contributed by atoms with E-state index in [1.54, 1.807) is 19.1 Å².